The van der Waals surface area contributed by atoms with Crippen LogP contribution >= 0.6 is 0 Å². The molecule has 134 valence electrons. The van der Waals surface area contributed by atoms with Crippen molar-refractivity contribution in [1.82, 2.24) is 15.1 Å². The van der Waals surface area contributed by atoms with E-state index in [0.717, 1.165) is 12.1 Å². The molecular weight excluding hydrogens is 337 g/mol. The van der Waals surface area contributed by atoms with Gasteiger partial charge in [-0.1, -0.05) is 6.07 Å². The van der Waals surface area contributed by atoms with E-state index in [2.05, 4.69) is 15.7 Å². The molecule has 2 N–H and O–H groups in total. The van der Waals surface area contributed by atoms with Gasteiger partial charge in [0, 0.05) is 19.0 Å². The zero-order valence-corrected chi connectivity index (χ0v) is 13.2. The molecular formula is C16H17F3N4O2. The predicted octanol–water partition coefficient (Wildman–Crippen LogP) is 2.21. The zero-order valence-electron chi connectivity index (χ0n) is 13.2. The van der Waals surface area contributed by atoms with Crippen molar-refractivity contribution in [1.29, 1.82) is 0 Å². The molecule has 0 bridgehead atoms. The number of hydrogen-bond acceptors (Lipinski definition) is 4. The summed E-state index contributed by atoms with van der Waals surface area (Å²) in [4.78, 5) is 12.0. The number of carbonyl (C=O) groups is 1. The van der Waals surface area contributed by atoms with E-state index < -0.39 is 11.7 Å². The number of morpholine rings is 1. The van der Waals surface area contributed by atoms with Gasteiger partial charge < -0.3 is 15.4 Å². The highest BCUT2D eigenvalue weighted by Crippen LogP contribution is 2.30. The molecule has 0 radical (unpaired) electrons. The number of alkyl halides is 3. The summed E-state index contributed by atoms with van der Waals surface area (Å²) in [7, 11) is 0. The molecule has 1 unspecified atom stereocenters. The second-order valence-electron chi connectivity index (χ2n) is 5.70. The van der Waals surface area contributed by atoms with E-state index in [9.17, 15) is 18.0 Å². The Balaban J connectivity index is 1.65. The molecule has 1 aliphatic heterocycles. The highest BCUT2D eigenvalue weighted by Gasteiger charge is 2.30. The third-order valence-corrected chi connectivity index (χ3v) is 3.73. The van der Waals surface area contributed by atoms with Crippen molar-refractivity contribution in [2.75, 3.05) is 25.1 Å². The van der Waals surface area contributed by atoms with Crippen LogP contribution in [0, 0.1) is 0 Å². The number of nitrogens with zero attached hydrogens (tertiary/aromatic N) is 2. The van der Waals surface area contributed by atoms with Crippen LogP contribution in [-0.4, -0.2) is 41.5 Å². The average Bonchev–Trinajstić information content (AvgIpc) is 3.03. The third kappa shape index (κ3) is 4.58. The summed E-state index contributed by atoms with van der Waals surface area (Å²) in [5.74, 6) is -0.216. The van der Waals surface area contributed by atoms with Gasteiger partial charge in [0.15, 0.2) is 0 Å². The number of ether oxygens (including phenoxy) is 1. The van der Waals surface area contributed by atoms with Crippen LogP contribution in [0.25, 0.3) is 5.69 Å². The van der Waals surface area contributed by atoms with Gasteiger partial charge in [-0.2, -0.15) is 18.3 Å². The minimum atomic E-state index is -4.42. The van der Waals surface area contributed by atoms with E-state index in [-0.39, 0.29) is 24.1 Å². The molecule has 9 heteroatoms. The number of hydrogen-bond donors (Lipinski definition) is 2. The van der Waals surface area contributed by atoms with Crippen LogP contribution in [-0.2, 0) is 15.7 Å². The number of nitrogens with one attached hydrogen (secondary N) is 2. The largest absolute Gasteiger partial charge is 0.416 e. The minimum Gasteiger partial charge on any atom is -0.378 e. The molecule has 2 aromatic rings. The Bertz CT molecular complexity index is 739. The van der Waals surface area contributed by atoms with E-state index in [0.29, 0.717) is 25.4 Å². The zero-order chi connectivity index (χ0) is 17.9. The Morgan fingerprint density at radius 3 is 3.00 bits per heavy atom. The Hall–Kier alpha value is -2.39. The van der Waals surface area contributed by atoms with Crippen molar-refractivity contribution in [3.8, 4) is 5.69 Å². The van der Waals surface area contributed by atoms with Gasteiger partial charge in [0.05, 0.1) is 42.5 Å². The molecule has 1 saturated heterocycles. The van der Waals surface area contributed by atoms with E-state index in [1.54, 1.807) is 0 Å². The van der Waals surface area contributed by atoms with Gasteiger partial charge in [0.2, 0.25) is 5.91 Å². The summed E-state index contributed by atoms with van der Waals surface area (Å²) in [5, 5.41) is 9.86. The molecule has 3 rings (SSSR count). The maximum atomic E-state index is 12.8. The number of anilines is 1. The van der Waals surface area contributed by atoms with E-state index >= 15 is 0 Å². The second kappa shape index (κ2) is 7.24. The molecule has 0 aliphatic carbocycles. The van der Waals surface area contributed by atoms with Crippen molar-refractivity contribution < 1.29 is 22.7 Å². The number of amides is 1. The van der Waals surface area contributed by atoms with Crippen LogP contribution in [0.15, 0.2) is 36.7 Å². The SMILES string of the molecule is O=C(CC1COCCN1)Nc1cnn(-c2cccc(C(F)(F)F)c2)c1. The minimum absolute atomic E-state index is 0.0488. The highest BCUT2D eigenvalue weighted by molar-refractivity contribution is 5.90. The fourth-order valence-electron chi connectivity index (χ4n) is 2.54. The van der Waals surface area contributed by atoms with Crippen LogP contribution in [0.4, 0.5) is 18.9 Å². The highest BCUT2D eigenvalue weighted by atomic mass is 19.4. The molecule has 1 aromatic carbocycles. The first-order valence-electron chi connectivity index (χ1n) is 7.75. The van der Waals surface area contributed by atoms with Crippen molar-refractivity contribution >= 4 is 11.6 Å². The quantitative estimate of drug-likeness (QED) is 0.883. The lowest BCUT2D eigenvalue weighted by Gasteiger charge is -2.23. The summed E-state index contributed by atoms with van der Waals surface area (Å²) in [6, 6.07) is 4.77. The maximum Gasteiger partial charge on any atom is 0.416 e. The smallest absolute Gasteiger partial charge is 0.378 e. The number of halogens is 3. The van der Waals surface area contributed by atoms with Crippen LogP contribution in [0.5, 0.6) is 0 Å². The fourth-order valence-corrected chi connectivity index (χ4v) is 2.54. The molecule has 1 aromatic heterocycles. The molecule has 6 nitrogen and oxygen atoms in total. The van der Waals surface area contributed by atoms with Crippen molar-refractivity contribution in [2.45, 2.75) is 18.6 Å². The van der Waals surface area contributed by atoms with Crippen LogP contribution in [0.3, 0.4) is 0 Å². The second-order valence-corrected chi connectivity index (χ2v) is 5.70. The molecule has 1 aliphatic rings. The third-order valence-electron chi connectivity index (χ3n) is 3.73. The number of rotatable bonds is 4. The summed E-state index contributed by atoms with van der Waals surface area (Å²) in [6.45, 7) is 1.80. The monoisotopic (exact) mass is 354 g/mol. The standard InChI is InChI=1S/C16H17F3N4O2/c17-16(18,19)11-2-1-3-14(6-11)23-9-13(8-21-23)22-15(24)7-12-10-25-5-4-20-12/h1-3,6,8-9,12,20H,4-5,7,10H2,(H,22,24). The van der Waals surface area contributed by atoms with Crippen molar-refractivity contribution in [3.63, 3.8) is 0 Å². The molecule has 1 fully saturated rings. The Kier molecular flexibility index (Phi) is 5.05. The Morgan fingerprint density at radius 1 is 1.44 bits per heavy atom. The van der Waals surface area contributed by atoms with Crippen LogP contribution in [0.2, 0.25) is 0 Å². The van der Waals surface area contributed by atoms with Crippen molar-refractivity contribution in [2.24, 2.45) is 0 Å². The lowest BCUT2D eigenvalue weighted by atomic mass is 10.2. The van der Waals surface area contributed by atoms with E-state index in [4.69, 9.17) is 4.74 Å². The van der Waals surface area contributed by atoms with Gasteiger partial charge in [-0.15, -0.1) is 0 Å². The molecule has 0 spiro atoms. The van der Waals surface area contributed by atoms with Gasteiger partial charge in [-0.05, 0) is 18.2 Å². The number of aromatic nitrogens is 2. The Morgan fingerprint density at radius 2 is 2.28 bits per heavy atom. The summed E-state index contributed by atoms with van der Waals surface area (Å²) in [6.07, 6.45) is -1.31. The van der Waals surface area contributed by atoms with Gasteiger partial charge in [-0.25, -0.2) is 4.68 Å². The topological polar surface area (TPSA) is 68.2 Å². The average molecular weight is 354 g/mol. The summed E-state index contributed by atoms with van der Waals surface area (Å²) in [5.41, 5.74) is -0.0775. The maximum absolute atomic E-state index is 12.8. The van der Waals surface area contributed by atoms with Crippen LogP contribution in [0.1, 0.15) is 12.0 Å². The lowest BCUT2D eigenvalue weighted by Crippen LogP contribution is -2.43. The predicted molar refractivity (Wildman–Crippen MR) is 84.4 cm³/mol. The van der Waals surface area contributed by atoms with Gasteiger partial charge in [0.25, 0.3) is 0 Å². The number of carbonyl (C=O) groups excluding carboxylic acids is 1. The normalized spacial score (nSPS) is 18.1. The first-order chi connectivity index (χ1) is 11.9. The molecule has 25 heavy (non-hydrogen) atoms. The summed E-state index contributed by atoms with van der Waals surface area (Å²) >= 11 is 0. The molecule has 1 atom stereocenters. The van der Waals surface area contributed by atoms with E-state index in [1.807, 2.05) is 0 Å². The Labute approximate surface area is 142 Å². The molecule has 2 heterocycles. The molecule has 1 amide bonds. The van der Waals surface area contributed by atoms with E-state index in [1.165, 1.54) is 29.2 Å². The van der Waals surface area contributed by atoms with Crippen molar-refractivity contribution in [3.05, 3.63) is 42.2 Å². The lowest BCUT2D eigenvalue weighted by molar-refractivity contribution is -0.137. The number of benzene rings is 1. The summed E-state index contributed by atoms with van der Waals surface area (Å²) < 4.78 is 44.9. The molecule has 0 saturated carbocycles. The van der Waals surface area contributed by atoms with Gasteiger partial charge >= 0.3 is 6.18 Å². The fraction of sp³-hybridized carbons (Fsp3) is 0.375. The first-order valence-corrected chi connectivity index (χ1v) is 7.75. The first kappa shape index (κ1) is 17.4. The van der Waals surface area contributed by atoms with Gasteiger partial charge in [0.1, 0.15) is 0 Å². The van der Waals surface area contributed by atoms with Crippen LogP contribution < -0.4 is 10.6 Å². The van der Waals surface area contributed by atoms with Gasteiger partial charge in [-0.3, -0.25) is 4.79 Å².